The van der Waals surface area contributed by atoms with Crippen molar-refractivity contribution in [1.82, 2.24) is 9.88 Å². The number of likely N-dealkylation sites (N-methyl/N-ethyl adjacent to an activating group) is 1. The van der Waals surface area contributed by atoms with E-state index >= 15 is 0 Å². The highest BCUT2D eigenvalue weighted by Crippen LogP contribution is 2.43. The van der Waals surface area contributed by atoms with Gasteiger partial charge in [-0.3, -0.25) is 9.69 Å². The zero-order valence-electron chi connectivity index (χ0n) is 18.9. The van der Waals surface area contributed by atoms with Crippen LogP contribution >= 0.6 is 0 Å². The van der Waals surface area contributed by atoms with E-state index in [2.05, 4.69) is 9.98 Å². The second-order valence-corrected chi connectivity index (χ2v) is 7.94. The predicted molar refractivity (Wildman–Crippen MR) is 123 cm³/mol. The summed E-state index contributed by atoms with van der Waals surface area (Å²) in [5, 5.41) is 10.3. The molecule has 1 aromatic heterocycles. The maximum atomic E-state index is 14.8. The van der Waals surface area contributed by atoms with Crippen LogP contribution < -0.4 is 10.5 Å². The molecule has 0 bridgehead atoms. The van der Waals surface area contributed by atoms with Gasteiger partial charge in [0.15, 0.2) is 11.5 Å². The molecular formula is C25H24F2N4O3. The largest absolute Gasteiger partial charge is 0.493 e. The summed E-state index contributed by atoms with van der Waals surface area (Å²) in [7, 11) is 1.48. The van der Waals surface area contributed by atoms with Crippen LogP contribution in [0.2, 0.25) is 0 Å². The van der Waals surface area contributed by atoms with Crippen LogP contribution in [0.15, 0.2) is 59.7 Å². The van der Waals surface area contributed by atoms with E-state index in [9.17, 15) is 18.7 Å². The molecule has 0 radical (unpaired) electrons. The second kappa shape index (κ2) is 8.83. The monoisotopic (exact) mass is 466 g/mol. The summed E-state index contributed by atoms with van der Waals surface area (Å²) in [5.41, 5.74) is 5.37. The number of carbonyl (C=O) groups is 1. The SMILES string of the molecule is CCOc1ccc([C@]2(c3ccc(F)c(-c4cccnc4F)c3)N=C(N)N(C)C2=O)cc1C(C)O. The van der Waals surface area contributed by atoms with Gasteiger partial charge in [-0.1, -0.05) is 12.1 Å². The van der Waals surface area contributed by atoms with Gasteiger partial charge in [-0.25, -0.2) is 14.4 Å². The molecule has 3 aromatic rings. The molecule has 1 aliphatic rings. The molecule has 34 heavy (non-hydrogen) atoms. The van der Waals surface area contributed by atoms with Crippen LogP contribution in [0.25, 0.3) is 11.1 Å². The third kappa shape index (κ3) is 3.67. The van der Waals surface area contributed by atoms with Gasteiger partial charge in [0, 0.05) is 29.9 Å². The molecule has 4 rings (SSSR count). The molecule has 0 spiro atoms. The molecule has 9 heteroatoms. The minimum Gasteiger partial charge on any atom is -0.493 e. The van der Waals surface area contributed by atoms with E-state index in [0.29, 0.717) is 23.5 Å². The van der Waals surface area contributed by atoms with E-state index in [0.717, 1.165) is 6.07 Å². The van der Waals surface area contributed by atoms with Gasteiger partial charge in [0.05, 0.1) is 12.7 Å². The highest BCUT2D eigenvalue weighted by Gasteiger charge is 2.50. The van der Waals surface area contributed by atoms with Gasteiger partial charge in [-0.2, -0.15) is 4.39 Å². The van der Waals surface area contributed by atoms with Crippen molar-refractivity contribution in [3.63, 3.8) is 0 Å². The third-order valence-corrected chi connectivity index (χ3v) is 5.85. The number of aliphatic hydroxyl groups is 1. The summed E-state index contributed by atoms with van der Waals surface area (Å²) < 4.78 is 34.8. The number of aliphatic hydroxyl groups excluding tert-OH is 1. The molecule has 1 amide bonds. The normalized spacial score (nSPS) is 18.7. The Hall–Kier alpha value is -3.85. The van der Waals surface area contributed by atoms with Crippen LogP contribution in [0.5, 0.6) is 5.75 Å². The van der Waals surface area contributed by atoms with Crippen LogP contribution in [0.4, 0.5) is 8.78 Å². The Balaban J connectivity index is 1.99. The van der Waals surface area contributed by atoms with Crippen molar-refractivity contribution in [3.8, 4) is 16.9 Å². The fraction of sp³-hybridized carbons (Fsp3) is 0.240. The molecule has 2 heterocycles. The zero-order valence-corrected chi connectivity index (χ0v) is 18.9. The number of benzene rings is 2. The van der Waals surface area contributed by atoms with Crippen molar-refractivity contribution in [3.05, 3.63) is 83.2 Å². The van der Waals surface area contributed by atoms with Gasteiger partial charge >= 0.3 is 0 Å². The minimum absolute atomic E-state index is 0.0316. The summed E-state index contributed by atoms with van der Waals surface area (Å²) in [4.78, 5) is 22.9. The number of guanidine groups is 1. The molecule has 7 nitrogen and oxygen atoms in total. The Morgan fingerprint density at radius 1 is 1.15 bits per heavy atom. The van der Waals surface area contributed by atoms with Gasteiger partial charge in [-0.05, 0) is 61.4 Å². The molecule has 0 saturated heterocycles. The van der Waals surface area contributed by atoms with Crippen molar-refractivity contribution < 1.29 is 23.4 Å². The number of nitrogens with two attached hydrogens (primary N) is 1. The molecule has 0 fully saturated rings. The lowest BCUT2D eigenvalue weighted by atomic mass is 9.80. The maximum absolute atomic E-state index is 14.8. The molecule has 1 unspecified atom stereocenters. The molecule has 0 aliphatic carbocycles. The first-order valence-corrected chi connectivity index (χ1v) is 10.7. The smallest absolute Gasteiger partial charge is 0.266 e. The first-order valence-electron chi connectivity index (χ1n) is 10.7. The molecule has 2 aromatic carbocycles. The first-order chi connectivity index (χ1) is 16.2. The van der Waals surface area contributed by atoms with Crippen LogP contribution in [0, 0.1) is 11.8 Å². The molecule has 176 valence electrons. The van der Waals surface area contributed by atoms with E-state index in [1.165, 1.54) is 42.4 Å². The minimum atomic E-state index is -1.67. The Bertz CT molecular complexity index is 1290. The van der Waals surface area contributed by atoms with E-state index < -0.39 is 29.3 Å². The van der Waals surface area contributed by atoms with Crippen molar-refractivity contribution in [2.24, 2.45) is 10.7 Å². The molecule has 3 N–H and O–H groups in total. The third-order valence-electron chi connectivity index (χ3n) is 5.85. The fourth-order valence-electron chi connectivity index (χ4n) is 4.11. The summed E-state index contributed by atoms with van der Waals surface area (Å²) in [5.74, 6) is -1.57. The Morgan fingerprint density at radius 3 is 2.47 bits per heavy atom. The van der Waals surface area contributed by atoms with Gasteiger partial charge in [0.25, 0.3) is 5.91 Å². The van der Waals surface area contributed by atoms with Gasteiger partial charge in [-0.15, -0.1) is 0 Å². The van der Waals surface area contributed by atoms with Crippen molar-refractivity contribution in [2.75, 3.05) is 13.7 Å². The van der Waals surface area contributed by atoms with Gasteiger partial charge < -0.3 is 15.6 Å². The number of rotatable bonds is 6. The quantitative estimate of drug-likeness (QED) is 0.542. The number of aromatic nitrogens is 1. The van der Waals surface area contributed by atoms with Crippen molar-refractivity contribution in [1.29, 1.82) is 0 Å². The van der Waals surface area contributed by atoms with Crippen LogP contribution in [-0.4, -0.2) is 40.5 Å². The van der Waals surface area contributed by atoms with E-state index in [1.807, 2.05) is 6.92 Å². The highest BCUT2D eigenvalue weighted by atomic mass is 19.1. The summed E-state index contributed by atoms with van der Waals surface area (Å²) in [6, 6.07) is 11.8. The van der Waals surface area contributed by atoms with Crippen LogP contribution in [-0.2, 0) is 10.3 Å². The van der Waals surface area contributed by atoms with E-state index in [1.54, 1.807) is 25.1 Å². The fourth-order valence-corrected chi connectivity index (χ4v) is 4.11. The Morgan fingerprint density at radius 2 is 1.85 bits per heavy atom. The molecule has 1 aliphatic heterocycles. The highest BCUT2D eigenvalue weighted by molar-refractivity contribution is 6.09. The number of aliphatic imine (C=N–C) groups is 1. The zero-order chi connectivity index (χ0) is 24.6. The topological polar surface area (TPSA) is 101 Å². The van der Waals surface area contributed by atoms with E-state index in [-0.39, 0.29) is 22.6 Å². The number of pyridine rings is 1. The number of halogens is 2. The Labute approximate surface area is 195 Å². The molecule has 2 atom stereocenters. The van der Waals surface area contributed by atoms with Crippen molar-refractivity contribution >= 4 is 11.9 Å². The number of ether oxygens (including phenoxy) is 1. The maximum Gasteiger partial charge on any atom is 0.266 e. The summed E-state index contributed by atoms with van der Waals surface area (Å²) in [6.07, 6.45) is 0.363. The number of hydrogen-bond acceptors (Lipinski definition) is 6. The predicted octanol–water partition coefficient (Wildman–Crippen LogP) is 3.51. The second-order valence-electron chi connectivity index (χ2n) is 7.94. The van der Waals surface area contributed by atoms with Gasteiger partial charge in [0.1, 0.15) is 11.6 Å². The Kier molecular flexibility index (Phi) is 6.05. The van der Waals surface area contributed by atoms with Crippen LogP contribution in [0.1, 0.15) is 36.6 Å². The number of carbonyl (C=O) groups excluding carboxylic acids is 1. The first kappa shape index (κ1) is 23.3. The average molecular weight is 466 g/mol. The standard InChI is InChI=1S/C25H24F2N4O3/c1-4-34-21-10-8-16(12-18(21)14(2)32)25(23(33)31(3)24(28)30-25)15-7-9-20(26)19(13-15)17-6-5-11-29-22(17)27/h5-14,32H,4H2,1-3H3,(H2,28,30)/t14?,25-/m0/s1. The molecule has 0 saturated carbocycles. The number of amides is 1. The summed E-state index contributed by atoms with van der Waals surface area (Å²) in [6.45, 7) is 3.78. The average Bonchev–Trinajstić information content (AvgIpc) is 3.05. The number of hydrogen-bond donors (Lipinski definition) is 2. The lowest BCUT2D eigenvalue weighted by molar-refractivity contribution is -0.129. The van der Waals surface area contributed by atoms with Crippen LogP contribution in [0.3, 0.4) is 0 Å². The van der Waals surface area contributed by atoms with E-state index in [4.69, 9.17) is 10.5 Å². The lowest BCUT2D eigenvalue weighted by Gasteiger charge is -2.28. The summed E-state index contributed by atoms with van der Waals surface area (Å²) >= 11 is 0. The van der Waals surface area contributed by atoms with Crippen molar-refractivity contribution in [2.45, 2.75) is 25.5 Å². The molecular weight excluding hydrogens is 442 g/mol. The lowest BCUT2D eigenvalue weighted by Crippen LogP contribution is -2.41. The van der Waals surface area contributed by atoms with Gasteiger partial charge in [0.2, 0.25) is 5.95 Å². The number of nitrogens with zero attached hydrogens (tertiary/aromatic N) is 3.